The van der Waals surface area contributed by atoms with Crippen molar-refractivity contribution in [2.75, 3.05) is 19.8 Å². The van der Waals surface area contributed by atoms with Gasteiger partial charge in [0.25, 0.3) is 0 Å². The number of aliphatic hydroxyl groups is 1. The van der Waals surface area contributed by atoms with Gasteiger partial charge in [0.15, 0.2) is 0 Å². The lowest BCUT2D eigenvalue weighted by atomic mass is 9.85. The van der Waals surface area contributed by atoms with Crippen LogP contribution in [0.2, 0.25) is 0 Å². The highest BCUT2D eigenvalue weighted by atomic mass is 35.5. The number of aliphatic hydroxyl groups excluding tert-OH is 1. The Hall–Kier alpha value is -3.23. The van der Waals surface area contributed by atoms with Gasteiger partial charge in [-0.3, -0.25) is 4.90 Å². The van der Waals surface area contributed by atoms with Crippen LogP contribution in [0.1, 0.15) is 31.4 Å². The van der Waals surface area contributed by atoms with E-state index in [4.69, 9.17) is 21.1 Å². The maximum absolute atomic E-state index is 12.9. The minimum atomic E-state index is -0.658. The summed E-state index contributed by atoms with van der Waals surface area (Å²) in [4.78, 5) is 18.6. The van der Waals surface area contributed by atoms with Crippen LogP contribution in [0.4, 0.5) is 4.79 Å². The van der Waals surface area contributed by atoms with Crippen molar-refractivity contribution < 1.29 is 19.4 Å². The zero-order valence-electron chi connectivity index (χ0n) is 19.6. The van der Waals surface area contributed by atoms with Gasteiger partial charge in [0, 0.05) is 41.3 Å². The molecule has 184 valence electrons. The molecule has 0 saturated carbocycles. The van der Waals surface area contributed by atoms with Gasteiger partial charge in [0.2, 0.25) is 0 Å². The van der Waals surface area contributed by atoms with Crippen LogP contribution >= 0.6 is 11.6 Å². The number of nitrogens with zero attached hydrogens (tertiary/aromatic N) is 3. The third-order valence-corrected chi connectivity index (χ3v) is 6.87. The Balaban J connectivity index is 1.34. The lowest BCUT2D eigenvalue weighted by Gasteiger charge is -2.36. The second-order valence-electron chi connectivity index (χ2n) is 8.89. The first kappa shape index (κ1) is 23.5. The molecule has 0 radical (unpaired) electrons. The molecule has 1 amide bonds. The zero-order valence-corrected chi connectivity index (χ0v) is 20.3. The summed E-state index contributed by atoms with van der Waals surface area (Å²) in [5.41, 5.74) is 4.42. The number of imidazole rings is 1. The Bertz CT molecular complexity index is 1160. The molecule has 3 unspecified atom stereocenters. The van der Waals surface area contributed by atoms with E-state index in [0.717, 1.165) is 34.8 Å². The molecule has 0 fully saturated rings. The van der Waals surface area contributed by atoms with Crippen LogP contribution in [0.15, 0.2) is 77.1 Å². The number of amides is 1. The second kappa shape index (κ2) is 10.2. The molecule has 3 heterocycles. The van der Waals surface area contributed by atoms with Crippen molar-refractivity contribution in [1.82, 2.24) is 19.8 Å². The first-order valence-electron chi connectivity index (χ1n) is 11.9. The quantitative estimate of drug-likeness (QED) is 0.599. The summed E-state index contributed by atoms with van der Waals surface area (Å²) < 4.78 is 13.0. The first-order chi connectivity index (χ1) is 17.0. The molecule has 3 atom stereocenters. The maximum atomic E-state index is 12.9. The predicted molar refractivity (Wildman–Crippen MR) is 132 cm³/mol. The fourth-order valence-electron chi connectivity index (χ4n) is 4.99. The van der Waals surface area contributed by atoms with E-state index in [0.29, 0.717) is 25.4 Å². The maximum Gasteiger partial charge on any atom is 0.410 e. The van der Waals surface area contributed by atoms with E-state index in [-0.39, 0.29) is 24.7 Å². The van der Waals surface area contributed by atoms with E-state index in [9.17, 15) is 9.90 Å². The Morgan fingerprint density at radius 3 is 2.89 bits per heavy atom. The Labute approximate surface area is 209 Å². The fraction of sp³-hybridized carbons (Fsp3) is 0.385. The van der Waals surface area contributed by atoms with E-state index in [2.05, 4.69) is 10.3 Å². The van der Waals surface area contributed by atoms with Crippen molar-refractivity contribution in [1.29, 1.82) is 0 Å². The van der Waals surface area contributed by atoms with Gasteiger partial charge in [-0.05, 0) is 55.2 Å². The highest BCUT2D eigenvalue weighted by Gasteiger charge is 2.42. The number of nitrogens with one attached hydrogen (secondary N) is 1. The van der Waals surface area contributed by atoms with Crippen LogP contribution in [-0.2, 0) is 11.3 Å². The molecule has 1 aliphatic carbocycles. The Morgan fingerprint density at radius 1 is 1.31 bits per heavy atom. The molecule has 2 aromatic rings. The van der Waals surface area contributed by atoms with Crippen molar-refractivity contribution in [2.24, 2.45) is 5.92 Å². The SMILES string of the molecule is CCOC(=O)N1CCC2=C(NC3=CC=C(Cl)CC32)C1c1ccc(OCC(O)Cn2ccnc2)cc1. The van der Waals surface area contributed by atoms with E-state index >= 15 is 0 Å². The summed E-state index contributed by atoms with van der Waals surface area (Å²) in [7, 11) is 0. The van der Waals surface area contributed by atoms with Crippen LogP contribution in [0.3, 0.4) is 0 Å². The van der Waals surface area contributed by atoms with E-state index in [1.165, 1.54) is 5.57 Å². The van der Waals surface area contributed by atoms with Gasteiger partial charge in [0.05, 0.1) is 19.5 Å². The van der Waals surface area contributed by atoms with Crippen molar-refractivity contribution >= 4 is 17.7 Å². The predicted octanol–water partition coefficient (Wildman–Crippen LogP) is 4.11. The van der Waals surface area contributed by atoms with Crippen molar-refractivity contribution in [2.45, 2.75) is 38.5 Å². The number of allylic oxidation sites excluding steroid dienone is 4. The van der Waals surface area contributed by atoms with Crippen LogP contribution in [-0.4, -0.2) is 51.5 Å². The lowest BCUT2D eigenvalue weighted by Crippen LogP contribution is -2.41. The van der Waals surface area contributed by atoms with Crippen LogP contribution in [0.5, 0.6) is 5.75 Å². The van der Waals surface area contributed by atoms with Gasteiger partial charge in [-0.1, -0.05) is 23.7 Å². The number of halogens is 1. The van der Waals surface area contributed by atoms with Gasteiger partial charge in [0.1, 0.15) is 24.5 Å². The first-order valence-corrected chi connectivity index (χ1v) is 12.3. The molecular weight excluding hydrogens is 468 g/mol. The number of benzene rings is 1. The summed E-state index contributed by atoms with van der Waals surface area (Å²) in [6, 6.07) is 7.39. The van der Waals surface area contributed by atoms with E-state index in [1.54, 1.807) is 28.2 Å². The number of aromatic nitrogens is 2. The summed E-state index contributed by atoms with van der Waals surface area (Å²) in [6.07, 6.45) is 9.67. The molecule has 0 spiro atoms. The standard InChI is InChI=1S/C26H29ClN4O4/c1-2-34-26(33)31-11-9-21-22-13-18(27)5-8-23(22)29-24(21)25(31)17-3-6-20(7-4-17)35-15-19(32)14-30-12-10-28-16-30/h3-8,10,12,16,19,22,25,29,32H,2,9,11,13-15H2,1H3. The van der Waals surface area contributed by atoms with Gasteiger partial charge in [-0.2, -0.15) is 0 Å². The molecule has 1 aromatic carbocycles. The third-order valence-electron chi connectivity index (χ3n) is 6.59. The average molecular weight is 497 g/mol. The summed E-state index contributed by atoms with van der Waals surface area (Å²) in [5.74, 6) is 0.881. The normalized spacial score (nSPS) is 22.0. The number of ether oxygens (including phenoxy) is 2. The molecule has 2 aliphatic heterocycles. The lowest BCUT2D eigenvalue weighted by molar-refractivity contribution is 0.0911. The minimum Gasteiger partial charge on any atom is -0.491 e. The number of carbonyl (C=O) groups is 1. The highest BCUT2D eigenvalue weighted by Crippen LogP contribution is 2.47. The molecule has 5 rings (SSSR count). The van der Waals surface area contributed by atoms with Crippen molar-refractivity contribution in [3.63, 3.8) is 0 Å². The van der Waals surface area contributed by atoms with E-state index < -0.39 is 6.10 Å². The monoisotopic (exact) mass is 496 g/mol. The second-order valence-corrected chi connectivity index (χ2v) is 9.38. The smallest absolute Gasteiger partial charge is 0.410 e. The summed E-state index contributed by atoms with van der Waals surface area (Å²) in [6.45, 7) is 3.29. The molecule has 0 saturated heterocycles. The Kier molecular flexibility index (Phi) is 6.83. The Morgan fingerprint density at radius 2 is 2.14 bits per heavy atom. The molecule has 9 heteroatoms. The van der Waals surface area contributed by atoms with Gasteiger partial charge < -0.3 is 24.5 Å². The number of hydrogen-bond acceptors (Lipinski definition) is 6. The van der Waals surface area contributed by atoms with Crippen LogP contribution < -0.4 is 10.1 Å². The molecule has 8 nitrogen and oxygen atoms in total. The fourth-order valence-corrected chi connectivity index (χ4v) is 5.21. The van der Waals surface area contributed by atoms with E-state index in [1.807, 2.05) is 43.3 Å². The topological polar surface area (TPSA) is 88.9 Å². The molecule has 35 heavy (non-hydrogen) atoms. The third kappa shape index (κ3) is 4.94. The van der Waals surface area contributed by atoms with Crippen LogP contribution in [0.25, 0.3) is 0 Å². The summed E-state index contributed by atoms with van der Waals surface area (Å²) in [5, 5.41) is 14.7. The van der Waals surface area contributed by atoms with Gasteiger partial charge >= 0.3 is 6.09 Å². The molecule has 2 N–H and O–H groups in total. The number of fused-ring (bicyclic) bond motifs is 2. The van der Waals surface area contributed by atoms with Gasteiger partial charge in [-0.15, -0.1) is 0 Å². The zero-order chi connectivity index (χ0) is 24.4. The van der Waals surface area contributed by atoms with Gasteiger partial charge in [-0.25, -0.2) is 9.78 Å². The minimum absolute atomic E-state index is 0.163. The average Bonchev–Trinajstić information content (AvgIpc) is 3.50. The molecule has 0 bridgehead atoms. The summed E-state index contributed by atoms with van der Waals surface area (Å²) >= 11 is 6.34. The number of hydrogen-bond donors (Lipinski definition) is 2. The van der Waals surface area contributed by atoms with Crippen LogP contribution in [0, 0.1) is 5.92 Å². The van der Waals surface area contributed by atoms with Crippen molar-refractivity contribution in [3.8, 4) is 5.75 Å². The molecule has 3 aliphatic rings. The highest BCUT2D eigenvalue weighted by molar-refractivity contribution is 6.29. The largest absolute Gasteiger partial charge is 0.491 e. The number of rotatable bonds is 7. The van der Waals surface area contributed by atoms with Crippen molar-refractivity contribution in [3.05, 3.63) is 82.7 Å². The number of carbonyl (C=O) groups excluding carboxylic acids is 1. The molecule has 1 aromatic heterocycles. The molecular formula is C26H29ClN4O4.